The summed E-state index contributed by atoms with van der Waals surface area (Å²) in [7, 11) is 0. The highest BCUT2D eigenvalue weighted by Crippen LogP contribution is 2.55. The molecule has 2 N–H and O–H groups in total. The second kappa shape index (κ2) is 7.38. The maximum atomic E-state index is 11.9. The van der Waals surface area contributed by atoms with Crippen LogP contribution in [-0.4, -0.2) is 63.3 Å². The molecule has 1 aliphatic carbocycles. The zero-order valence-electron chi connectivity index (χ0n) is 14.3. The molecule has 3 atom stereocenters. The van der Waals surface area contributed by atoms with Crippen LogP contribution in [0.5, 0.6) is 0 Å². The second-order valence-electron chi connectivity index (χ2n) is 6.59. The average molecular weight is 379 g/mol. The monoisotopic (exact) mass is 379 g/mol. The molecule has 3 unspecified atom stereocenters. The number of ketones is 1. The maximum Gasteiger partial charge on any atom is 0.313 e. The van der Waals surface area contributed by atoms with Gasteiger partial charge >= 0.3 is 5.97 Å². The van der Waals surface area contributed by atoms with Gasteiger partial charge < -0.3 is 19.8 Å². The molecule has 0 radical (unpaired) electrons. The van der Waals surface area contributed by atoms with Gasteiger partial charge in [0.2, 0.25) is 5.91 Å². The number of esters is 1. The summed E-state index contributed by atoms with van der Waals surface area (Å²) in [6.45, 7) is -0.270. The molecule has 1 aromatic carbocycles. The fourth-order valence-corrected chi connectivity index (χ4v) is 4.01. The Morgan fingerprint density at radius 1 is 1.31 bits per heavy atom. The van der Waals surface area contributed by atoms with Crippen molar-refractivity contribution in [1.29, 1.82) is 0 Å². The van der Waals surface area contributed by atoms with Gasteiger partial charge in [0.1, 0.15) is 13.0 Å². The molecule has 0 aromatic heterocycles. The summed E-state index contributed by atoms with van der Waals surface area (Å²) in [6, 6.07) is 8.98. The SMILES string of the molecule is CSC1CC(=O)N1CC(=O)CC(=O)OCC1C(c2ccccc2)C1(O)O. The number of amides is 1. The first-order valence-electron chi connectivity index (χ1n) is 8.34. The Morgan fingerprint density at radius 2 is 2.00 bits per heavy atom. The molecule has 26 heavy (non-hydrogen) atoms. The number of β-lactam (4-membered cyclic amide) rings is 1. The predicted octanol–water partition coefficient (Wildman–Crippen LogP) is 0.505. The Bertz CT molecular complexity index is 707. The minimum absolute atomic E-state index is 0.00930. The molecule has 1 saturated carbocycles. The second-order valence-corrected chi connectivity index (χ2v) is 7.61. The highest BCUT2D eigenvalue weighted by atomic mass is 32.2. The van der Waals surface area contributed by atoms with Gasteiger partial charge in [0.25, 0.3) is 0 Å². The zero-order valence-corrected chi connectivity index (χ0v) is 15.1. The molecule has 8 heteroatoms. The number of hydrogen-bond donors (Lipinski definition) is 2. The Morgan fingerprint density at radius 3 is 2.62 bits per heavy atom. The molecule has 1 aromatic rings. The van der Waals surface area contributed by atoms with Gasteiger partial charge in [-0.25, -0.2) is 0 Å². The molecule has 3 rings (SSSR count). The Hall–Kier alpha value is -1.90. The molecule has 1 aliphatic heterocycles. The minimum atomic E-state index is -1.92. The third kappa shape index (κ3) is 3.77. The summed E-state index contributed by atoms with van der Waals surface area (Å²) in [4.78, 5) is 36.7. The molecule has 7 nitrogen and oxygen atoms in total. The van der Waals surface area contributed by atoms with Crippen molar-refractivity contribution in [3.63, 3.8) is 0 Å². The maximum absolute atomic E-state index is 11.9. The first-order chi connectivity index (χ1) is 12.3. The highest BCUT2D eigenvalue weighted by molar-refractivity contribution is 7.99. The van der Waals surface area contributed by atoms with E-state index in [9.17, 15) is 24.6 Å². The number of carbonyl (C=O) groups is 3. The fourth-order valence-electron chi connectivity index (χ4n) is 3.25. The number of Topliss-reactive ketones (excluding diaryl/α,β-unsaturated/α-hetero) is 1. The lowest BCUT2D eigenvalue weighted by atomic mass is 10.1. The third-order valence-corrected chi connectivity index (χ3v) is 5.82. The Labute approximate surface area is 155 Å². The van der Waals surface area contributed by atoms with Crippen LogP contribution in [0, 0.1) is 5.92 Å². The molecule has 1 saturated heterocycles. The van der Waals surface area contributed by atoms with E-state index in [4.69, 9.17) is 4.74 Å². The molecular formula is C18H21NO6S. The summed E-state index contributed by atoms with van der Waals surface area (Å²) in [5.41, 5.74) is 0.758. The number of carbonyl (C=O) groups excluding carboxylic acids is 3. The van der Waals surface area contributed by atoms with Crippen molar-refractivity contribution in [2.75, 3.05) is 19.4 Å². The first kappa shape index (κ1) is 18.9. The summed E-state index contributed by atoms with van der Waals surface area (Å²) < 4.78 is 5.05. The lowest BCUT2D eigenvalue weighted by Crippen LogP contribution is -2.52. The van der Waals surface area contributed by atoms with Crippen LogP contribution < -0.4 is 0 Å². The van der Waals surface area contributed by atoms with Crippen LogP contribution in [0.15, 0.2) is 30.3 Å². The molecule has 1 amide bonds. The average Bonchev–Trinajstić information content (AvgIpc) is 3.17. The number of aliphatic hydroxyl groups is 2. The molecule has 0 bridgehead atoms. The van der Waals surface area contributed by atoms with E-state index in [1.807, 2.05) is 12.3 Å². The molecule has 140 valence electrons. The topological polar surface area (TPSA) is 104 Å². The van der Waals surface area contributed by atoms with E-state index in [-0.39, 0.29) is 24.4 Å². The zero-order chi connectivity index (χ0) is 18.9. The molecule has 2 fully saturated rings. The fraction of sp³-hybridized carbons (Fsp3) is 0.500. The van der Waals surface area contributed by atoms with E-state index in [1.54, 1.807) is 24.3 Å². The standard InChI is InChI=1S/C18H21NO6S/c1-26-15-8-14(21)19(15)9-12(20)7-16(22)25-10-13-17(18(13,23)24)11-5-3-2-4-6-11/h2-6,13,15,17,23-24H,7-10H2,1H3. The van der Waals surface area contributed by atoms with E-state index >= 15 is 0 Å². The van der Waals surface area contributed by atoms with Crippen molar-refractivity contribution in [3.8, 4) is 0 Å². The number of ether oxygens (including phenoxy) is 1. The first-order valence-corrected chi connectivity index (χ1v) is 9.62. The van der Waals surface area contributed by atoms with Gasteiger partial charge in [-0.05, 0) is 11.8 Å². The van der Waals surface area contributed by atoms with Crippen LogP contribution in [0.25, 0.3) is 0 Å². The van der Waals surface area contributed by atoms with Crippen LogP contribution in [0.2, 0.25) is 0 Å². The molecule has 1 heterocycles. The number of thioether (sulfide) groups is 1. The largest absolute Gasteiger partial charge is 0.465 e. The van der Waals surface area contributed by atoms with Crippen molar-refractivity contribution >= 4 is 29.4 Å². The lowest BCUT2D eigenvalue weighted by Gasteiger charge is -2.38. The van der Waals surface area contributed by atoms with Crippen molar-refractivity contribution in [2.45, 2.75) is 29.9 Å². The molecule has 0 spiro atoms. The van der Waals surface area contributed by atoms with Crippen molar-refractivity contribution in [1.82, 2.24) is 4.90 Å². The van der Waals surface area contributed by atoms with Crippen molar-refractivity contribution in [2.24, 2.45) is 5.92 Å². The van der Waals surface area contributed by atoms with Crippen LogP contribution >= 0.6 is 11.8 Å². The van der Waals surface area contributed by atoms with E-state index in [0.29, 0.717) is 6.42 Å². The lowest BCUT2D eigenvalue weighted by molar-refractivity contribution is -0.151. The van der Waals surface area contributed by atoms with Crippen LogP contribution in [0.4, 0.5) is 0 Å². The van der Waals surface area contributed by atoms with Crippen molar-refractivity contribution < 1.29 is 29.3 Å². The van der Waals surface area contributed by atoms with Crippen LogP contribution in [0.1, 0.15) is 24.3 Å². The predicted molar refractivity (Wildman–Crippen MR) is 94.1 cm³/mol. The van der Waals surface area contributed by atoms with Gasteiger partial charge in [-0.3, -0.25) is 14.4 Å². The van der Waals surface area contributed by atoms with Crippen molar-refractivity contribution in [3.05, 3.63) is 35.9 Å². The molecular weight excluding hydrogens is 358 g/mol. The van der Waals surface area contributed by atoms with E-state index in [2.05, 4.69) is 0 Å². The van der Waals surface area contributed by atoms with E-state index in [0.717, 1.165) is 5.56 Å². The number of nitrogens with zero attached hydrogens (tertiary/aromatic N) is 1. The third-order valence-electron chi connectivity index (χ3n) is 4.86. The van der Waals surface area contributed by atoms with Gasteiger partial charge in [-0.2, -0.15) is 0 Å². The van der Waals surface area contributed by atoms with Gasteiger partial charge in [-0.15, -0.1) is 11.8 Å². The smallest absolute Gasteiger partial charge is 0.313 e. The number of benzene rings is 1. The van der Waals surface area contributed by atoms with Gasteiger partial charge in [0.15, 0.2) is 11.6 Å². The Kier molecular flexibility index (Phi) is 5.36. The van der Waals surface area contributed by atoms with Crippen LogP contribution in [0.3, 0.4) is 0 Å². The van der Waals surface area contributed by atoms with Crippen LogP contribution in [-0.2, 0) is 19.1 Å². The number of hydrogen-bond acceptors (Lipinski definition) is 7. The van der Waals surface area contributed by atoms with Gasteiger partial charge in [0, 0.05) is 5.92 Å². The highest BCUT2D eigenvalue weighted by Gasteiger charge is 2.64. The van der Waals surface area contributed by atoms with Gasteiger partial charge in [-0.1, -0.05) is 30.3 Å². The summed E-state index contributed by atoms with van der Waals surface area (Å²) in [6.07, 6.45) is 1.84. The number of rotatable bonds is 8. The number of likely N-dealkylation sites (tertiary alicyclic amines) is 1. The quantitative estimate of drug-likeness (QED) is 0.293. The van der Waals surface area contributed by atoms with E-state index < -0.39 is 35.8 Å². The van der Waals surface area contributed by atoms with Gasteiger partial charge in [0.05, 0.1) is 24.3 Å². The normalized spacial score (nSPS) is 26.2. The van der Waals surface area contributed by atoms with E-state index in [1.165, 1.54) is 16.7 Å². The summed E-state index contributed by atoms with van der Waals surface area (Å²) >= 11 is 1.49. The summed E-state index contributed by atoms with van der Waals surface area (Å²) in [5, 5.41) is 20.0. The minimum Gasteiger partial charge on any atom is -0.465 e. The Balaban J connectivity index is 1.44. The molecule has 2 aliphatic rings. The summed E-state index contributed by atoms with van der Waals surface area (Å²) in [5.74, 6) is -4.27.